The van der Waals surface area contributed by atoms with Gasteiger partial charge < -0.3 is 4.90 Å². The van der Waals surface area contributed by atoms with Crippen molar-refractivity contribution in [1.29, 1.82) is 0 Å². The summed E-state index contributed by atoms with van der Waals surface area (Å²) in [6.07, 6.45) is 1.78. The molecule has 0 unspecified atom stereocenters. The van der Waals surface area contributed by atoms with Crippen molar-refractivity contribution >= 4 is 21.6 Å². The van der Waals surface area contributed by atoms with E-state index < -0.39 is 10.0 Å². The molecule has 3 rings (SSSR count). The Kier molecular flexibility index (Phi) is 5.91. The smallest absolute Gasteiger partial charge is 0.241 e. The van der Waals surface area contributed by atoms with Crippen molar-refractivity contribution in [2.75, 3.05) is 11.4 Å². The highest BCUT2D eigenvalue weighted by Crippen LogP contribution is 2.31. The van der Waals surface area contributed by atoms with Crippen molar-refractivity contribution < 1.29 is 13.2 Å². The van der Waals surface area contributed by atoms with Crippen molar-refractivity contribution in [3.63, 3.8) is 0 Å². The van der Waals surface area contributed by atoms with Crippen molar-refractivity contribution in [3.05, 3.63) is 58.7 Å². The van der Waals surface area contributed by atoms with E-state index in [9.17, 15) is 13.2 Å². The molecular weight excluding hydrogens is 372 g/mol. The molecule has 0 aromatic heterocycles. The van der Waals surface area contributed by atoms with Crippen LogP contribution in [0.3, 0.4) is 0 Å². The van der Waals surface area contributed by atoms with Crippen molar-refractivity contribution in [3.8, 4) is 0 Å². The number of rotatable bonds is 6. The first-order chi connectivity index (χ1) is 13.3. The summed E-state index contributed by atoms with van der Waals surface area (Å²) in [6, 6.07) is 10.8. The molecule has 1 amide bonds. The first-order valence-corrected chi connectivity index (χ1v) is 11.3. The zero-order chi connectivity index (χ0) is 20.5. The Morgan fingerprint density at radius 1 is 1.11 bits per heavy atom. The molecule has 1 aliphatic heterocycles. The number of nitrogens with zero attached hydrogens (tertiary/aromatic N) is 1. The summed E-state index contributed by atoms with van der Waals surface area (Å²) >= 11 is 0. The van der Waals surface area contributed by atoms with Gasteiger partial charge in [0, 0.05) is 24.7 Å². The number of carbonyl (C=O) groups is 1. The highest BCUT2D eigenvalue weighted by Gasteiger charge is 2.27. The van der Waals surface area contributed by atoms with Crippen molar-refractivity contribution in [2.24, 2.45) is 0 Å². The van der Waals surface area contributed by atoms with Crippen LogP contribution in [0.5, 0.6) is 0 Å². The van der Waals surface area contributed by atoms with E-state index in [1.807, 2.05) is 45.9 Å². The fourth-order valence-electron chi connectivity index (χ4n) is 3.62. The monoisotopic (exact) mass is 400 g/mol. The van der Waals surface area contributed by atoms with E-state index in [0.29, 0.717) is 25.8 Å². The zero-order valence-electron chi connectivity index (χ0n) is 17.0. The maximum Gasteiger partial charge on any atom is 0.241 e. The number of hydrogen-bond acceptors (Lipinski definition) is 3. The number of benzene rings is 2. The molecule has 28 heavy (non-hydrogen) atoms. The van der Waals surface area contributed by atoms with Gasteiger partial charge in [0.2, 0.25) is 15.9 Å². The molecule has 5 nitrogen and oxygen atoms in total. The van der Waals surface area contributed by atoms with Crippen LogP contribution in [0.4, 0.5) is 5.69 Å². The molecule has 0 fully saturated rings. The second kappa shape index (κ2) is 8.05. The maximum atomic E-state index is 13.0. The van der Waals surface area contributed by atoms with Crippen LogP contribution in [0, 0.1) is 13.8 Å². The minimum Gasteiger partial charge on any atom is -0.312 e. The van der Waals surface area contributed by atoms with E-state index in [0.717, 1.165) is 22.4 Å². The Bertz CT molecular complexity index is 999. The summed E-state index contributed by atoms with van der Waals surface area (Å²) in [7, 11) is -3.66. The lowest BCUT2D eigenvalue weighted by atomic mass is 10.0. The number of amides is 1. The molecule has 150 valence electrons. The Labute approximate surface area is 167 Å². The number of fused-ring (bicyclic) bond motifs is 1. The first-order valence-electron chi connectivity index (χ1n) is 9.79. The van der Waals surface area contributed by atoms with Crippen LogP contribution in [-0.2, 0) is 21.2 Å². The van der Waals surface area contributed by atoms with Gasteiger partial charge in [0.25, 0.3) is 0 Å². The summed E-state index contributed by atoms with van der Waals surface area (Å²) in [5.74, 6) is 0.0632. The number of anilines is 1. The Morgan fingerprint density at radius 3 is 2.50 bits per heavy atom. The summed E-state index contributed by atoms with van der Waals surface area (Å²) in [6.45, 7) is 8.49. The van der Waals surface area contributed by atoms with E-state index in [2.05, 4.69) is 4.72 Å². The molecule has 1 atom stereocenters. The van der Waals surface area contributed by atoms with E-state index in [4.69, 9.17) is 0 Å². The van der Waals surface area contributed by atoms with Crippen LogP contribution < -0.4 is 9.62 Å². The molecule has 1 aliphatic rings. The average molecular weight is 401 g/mol. The number of carbonyl (C=O) groups excluding carboxylic acids is 1. The van der Waals surface area contributed by atoms with Gasteiger partial charge in [-0.25, -0.2) is 13.1 Å². The third-order valence-electron chi connectivity index (χ3n) is 5.50. The molecular formula is C22H28N2O3S. The van der Waals surface area contributed by atoms with Gasteiger partial charge in [-0.3, -0.25) is 4.79 Å². The van der Waals surface area contributed by atoms with Crippen molar-refractivity contribution in [2.45, 2.75) is 57.9 Å². The molecule has 2 aromatic rings. The SMILES string of the molecule is CCC(=O)N1CCc2cc(S(=O)(=O)N[C@@H](CC)c3ccc(C)c(C)c3)ccc21. The fourth-order valence-corrected chi connectivity index (χ4v) is 4.98. The second-order valence-corrected chi connectivity index (χ2v) is 9.08. The molecule has 0 saturated heterocycles. The van der Waals surface area contributed by atoms with E-state index in [1.54, 1.807) is 23.1 Å². The van der Waals surface area contributed by atoms with Gasteiger partial charge in [-0.2, -0.15) is 0 Å². The molecule has 0 bridgehead atoms. The number of sulfonamides is 1. The summed E-state index contributed by atoms with van der Waals surface area (Å²) in [5.41, 5.74) is 5.03. The van der Waals surface area contributed by atoms with Crippen LogP contribution in [0.25, 0.3) is 0 Å². The maximum absolute atomic E-state index is 13.0. The fraction of sp³-hybridized carbons (Fsp3) is 0.409. The lowest BCUT2D eigenvalue weighted by Gasteiger charge is -2.20. The molecule has 1 N–H and O–H groups in total. The largest absolute Gasteiger partial charge is 0.312 e. The lowest BCUT2D eigenvalue weighted by molar-refractivity contribution is -0.118. The van der Waals surface area contributed by atoms with Crippen LogP contribution >= 0.6 is 0 Å². The normalized spacial score (nSPS) is 14.8. The lowest BCUT2D eigenvalue weighted by Crippen LogP contribution is -2.29. The standard InChI is InChI=1S/C22H28N2O3S/c1-5-20(17-8-7-15(3)16(4)13-17)23-28(26,27)19-9-10-21-18(14-19)11-12-24(21)22(25)6-2/h7-10,13-14,20,23H,5-6,11-12H2,1-4H3/t20-/m0/s1. The number of nitrogens with one attached hydrogen (secondary N) is 1. The van der Waals surface area contributed by atoms with Gasteiger partial charge in [-0.05, 0) is 67.1 Å². The topological polar surface area (TPSA) is 66.5 Å². The number of hydrogen-bond donors (Lipinski definition) is 1. The predicted octanol–water partition coefficient (Wildman–Crippen LogP) is 4.03. The molecule has 0 aliphatic carbocycles. The van der Waals surface area contributed by atoms with Gasteiger partial charge in [-0.15, -0.1) is 0 Å². The van der Waals surface area contributed by atoms with Crippen LogP contribution in [0.2, 0.25) is 0 Å². The predicted molar refractivity (Wildman–Crippen MR) is 112 cm³/mol. The van der Waals surface area contributed by atoms with Crippen LogP contribution in [-0.4, -0.2) is 20.9 Å². The van der Waals surface area contributed by atoms with Gasteiger partial charge >= 0.3 is 0 Å². The van der Waals surface area contributed by atoms with Crippen molar-refractivity contribution in [1.82, 2.24) is 4.72 Å². The molecule has 0 spiro atoms. The van der Waals surface area contributed by atoms with Gasteiger partial charge in [0.1, 0.15) is 0 Å². The molecule has 0 saturated carbocycles. The van der Waals surface area contributed by atoms with Gasteiger partial charge in [0.15, 0.2) is 0 Å². The Balaban J connectivity index is 1.86. The van der Waals surface area contributed by atoms with E-state index in [-0.39, 0.29) is 16.8 Å². The molecule has 2 aromatic carbocycles. The minimum atomic E-state index is -3.66. The first kappa shape index (κ1) is 20.6. The van der Waals surface area contributed by atoms with Gasteiger partial charge in [0.05, 0.1) is 4.90 Å². The summed E-state index contributed by atoms with van der Waals surface area (Å²) in [5, 5.41) is 0. The Morgan fingerprint density at radius 2 is 1.86 bits per heavy atom. The molecule has 6 heteroatoms. The third kappa shape index (κ3) is 3.98. The van der Waals surface area contributed by atoms with Crippen LogP contribution in [0.1, 0.15) is 55.0 Å². The summed E-state index contributed by atoms with van der Waals surface area (Å²) < 4.78 is 28.9. The minimum absolute atomic E-state index is 0.0632. The number of aryl methyl sites for hydroxylation is 2. The second-order valence-electron chi connectivity index (χ2n) is 7.37. The summed E-state index contributed by atoms with van der Waals surface area (Å²) in [4.78, 5) is 14.0. The quantitative estimate of drug-likeness (QED) is 0.796. The highest BCUT2D eigenvalue weighted by atomic mass is 32.2. The van der Waals surface area contributed by atoms with Crippen LogP contribution in [0.15, 0.2) is 41.3 Å². The van der Waals surface area contributed by atoms with E-state index in [1.165, 1.54) is 5.56 Å². The molecule has 0 radical (unpaired) electrons. The van der Waals surface area contributed by atoms with Gasteiger partial charge in [-0.1, -0.05) is 32.0 Å². The highest BCUT2D eigenvalue weighted by molar-refractivity contribution is 7.89. The average Bonchev–Trinajstić information content (AvgIpc) is 3.11. The molecule has 1 heterocycles. The Hall–Kier alpha value is -2.18. The van der Waals surface area contributed by atoms with E-state index >= 15 is 0 Å². The zero-order valence-corrected chi connectivity index (χ0v) is 17.8. The third-order valence-corrected chi connectivity index (χ3v) is 6.97.